The molecule has 0 aliphatic heterocycles. The maximum Gasteiger partial charge on any atom is 0.465 e. The fraction of sp³-hybridized carbons (Fsp3) is 0.833. The molecule has 1 N–H and O–H groups in total. The zero-order valence-electron chi connectivity index (χ0n) is 7.45. The third-order valence-electron chi connectivity index (χ3n) is 1.32. The molecule has 5 nitrogen and oxygen atoms in total. The van der Waals surface area contributed by atoms with E-state index in [1.54, 1.807) is 0 Å². The number of ether oxygens (including phenoxy) is 1. The fourth-order valence-electron chi connectivity index (χ4n) is 0.551. The van der Waals surface area contributed by atoms with Crippen LogP contribution in [0.5, 0.6) is 0 Å². The lowest BCUT2D eigenvalue weighted by atomic mass is 10.4. The van der Waals surface area contributed by atoms with Gasteiger partial charge in [0.1, 0.15) is 0 Å². The minimum absolute atomic E-state index is 0.233. The molecule has 0 aromatic heterocycles. The Morgan fingerprint density at radius 3 is 2.33 bits per heavy atom. The molecule has 0 amide bonds. The van der Waals surface area contributed by atoms with Gasteiger partial charge in [-0.2, -0.15) is 17.2 Å². The quantitative estimate of drug-likeness (QED) is 0.336. The highest BCUT2D eigenvalue weighted by Crippen LogP contribution is 2.22. The van der Waals surface area contributed by atoms with Crippen LogP contribution in [0.4, 0.5) is 8.78 Å². The maximum absolute atomic E-state index is 12.5. The van der Waals surface area contributed by atoms with Crippen LogP contribution in [0.1, 0.15) is 12.8 Å². The molecule has 0 bridgehead atoms. The average Bonchev–Trinajstić information content (AvgIpc) is 2.10. The van der Waals surface area contributed by atoms with E-state index < -0.39 is 21.3 Å². The van der Waals surface area contributed by atoms with Gasteiger partial charge in [0.15, 0.2) is 0 Å². The number of rotatable bonds is 6. The number of hydrogen-bond donors (Lipinski definition) is 1. The zero-order chi connectivity index (χ0) is 12.1. The number of carbonyl (C=O) groups excluding carboxylic acids is 1. The van der Waals surface area contributed by atoms with E-state index in [-0.39, 0.29) is 18.9 Å². The van der Waals surface area contributed by atoms with E-state index in [4.69, 9.17) is 16.2 Å². The molecular formula is C6H9ClF2O5S. The summed E-state index contributed by atoms with van der Waals surface area (Å²) in [6, 6.07) is 0. The van der Waals surface area contributed by atoms with Gasteiger partial charge >= 0.3 is 21.3 Å². The van der Waals surface area contributed by atoms with Crippen LogP contribution < -0.4 is 0 Å². The minimum atomic E-state index is -5.78. The summed E-state index contributed by atoms with van der Waals surface area (Å²) in [7, 11) is -5.78. The van der Waals surface area contributed by atoms with Gasteiger partial charge in [-0.15, -0.1) is 11.6 Å². The molecule has 0 aromatic rings. The van der Waals surface area contributed by atoms with Crippen LogP contribution in [0.25, 0.3) is 0 Å². The smallest absolute Gasteiger partial charge is 0.460 e. The van der Waals surface area contributed by atoms with Gasteiger partial charge in [0.05, 0.1) is 6.61 Å². The van der Waals surface area contributed by atoms with Gasteiger partial charge in [-0.25, -0.2) is 4.79 Å². The van der Waals surface area contributed by atoms with Gasteiger partial charge < -0.3 is 4.74 Å². The number of carbonyl (C=O) groups is 1. The van der Waals surface area contributed by atoms with Crippen LogP contribution >= 0.6 is 11.6 Å². The van der Waals surface area contributed by atoms with E-state index >= 15 is 0 Å². The first kappa shape index (κ1) is 14.5. The third kappa shape index (κ3) is 4.27. The summed E-state index contributed by atoms with van der Waals surface area (Å²) >= 11 is 5.25. The summed E-state index contributed by atoms with van der Waals surface area (Å²) in [5.74, 6) is -2.02. The van der Waals surface area contributed by atoms with E-state index in [9.17, 15) is 22.0 Å². The Bertz CT molecular complexity index is 315. The second kappa shape index (κ2) is 5.57. The lowest BCUT2D eigenvalue weighted by molar-refractivity contribution is -0.161. The Morgan fingerprint density at radius 1 is 1.40 bits per heavy atom. The van der Waals surface area contributed by atoms with Crippen molar-refractivity contribution in [3.05, 3.63) is 0 Å². The Balaban J connectivity index is 4.22. The van der Waals surface area contributed by atoms with Crippen molar-refractivity contribution in [3.8, 4) is 0 Å². The molecule has 0 aliphatic carbocycles. The van der Waals surface area contributed by atoms with Crippen LogP contribution in [-0.2, 0) is 19.6 Å². The van der Waals surface area contributed by atoms with Crippen LogP contribution in [0, 0.1) is 0 Å². The van der Waals surface area contributed by atoms with Crippen molar-refractivity contribution >= 4 is 27.7 Å². The highest BCUT2D eigenvalue weighted by Gasteiger charge is 2.54. The molecule has 15 heavy (non-hydrogen) atoms. The Kier molecular flexibility index (Phi) is 5.39. The summed E-state index contributed by atoms with van der Waals surface area (Å²) in [4.78, 5) is 10.5. The monoisotopic (exact) mass is 266 g/mol. The largest absolute Gasteiger partial charge is 0.465 e. The number of hydrogen-bond acceptors (Lipinski definition) is 4. The Hall–Kier alpha value is -0.470. The molecule has 0 heterocycles. The molecule has 0 spiro atoms. The van der Waals surface area contributed by atoms with E-state index in [2.05, 4.69) is 4.74 Å². The molecular weight excluding hydrogens is 258 g/mol. The van der Waals surface area contributed by atoms with Crippen LogP contribution in [0.2, 0.25) is 0 Å². The summed E-state index contributed by atoms with van der Waals surface area (Å²) in [6.45, 7) is -0.378. The van der Waals surface area contributed by atoms with Gasteiger partial charge in [-0.05, 0) is 12.8 Å². The van der Waals surface area contributed by atoms with Gasteiger partial charge in [0.2, 0.25) is 0 Å². The van der Waals surface area contributed by atoms with Crippen LogP contribution in [-0.4, -0.2) is 36.7 Å². The van der Waals surface area contributed by atoms with E-state index in [0.29, 0.717) is 6.42 Å². The van der Waals surface area contributed by atoms with Crippen molar-refractivity contribution in [2.45, 2.75) is 18.1 Å². The summed E-state index contributed by atoms with van der Waals surface area (Å²) in [6.07, 6.45) is 0.670. The second-order valence-electron chi connectivity index (χ2n) is 2.52. The van der Waals surface area contributed by atoms with Crippen molar-refractivity contribution in [1.29, 1.82) is 0 Å². The van der Waals surface area contributed by atoms with Gasteiger partial charge in [0, 0.05) is 5.88 Å². The lowest BCUT2D eigenvalue weighted by Crippen LogP contribution is -2.39. The molecule has 0 fully saturated rings. The molecule has 0 aliphatic rings. The molecule has 0 rings (SSSR count). The molecule has 0 atom stereocenters. The third-order valence-corrected chi connectivity index (χ3v) is 2.40. The predicted octanol–water partition coefficient (Wildman–Crippen LogP) is 1.03. The average molecular weight is 267 g/mol. The minimum Gasteiger partial charge on any atom is -0.460 e. The van der Waals surface area contributed by atoms with Crippen LogP contribution in [0.3, 0.4) is 0 Å². The van der Waals surface area contributed by atoms with Crippen molar-refractivity contribution in [1.82, 2.24) is 0 Å². The maximum atomic E-state index is 12.5. The van der Waals surface area contributed by atoms with Gasteiger partial charge in [0.25, 0.3) is 0 Å². The number of esters is 1. The second-order valence-corrected chi connectivity index (χ2v) is 4.36. The predicted molar refractivity (Wildman–Crippen MR) is 47.4 cm³/mol. The van der Waals surface area contributed by atoms with Gasteiger partial charge in [-0.3, -0.25) is 4.55 Å². The first-order valence-corrected chi connectivity index (χ1v) is 5.79. The number of unbranched alkanes of at least 4 members (excludes halogenated alkanes) is 1. The summed E-state index contributed by atoms with van der Waals surface area (Å²) in [5, 5.41) is -4.92. The molecule has 0 saturated carbocycles. The SMILES string of the molecule is O=C(OCCCCCl)C(F)(F)S(=O)(=O)O. The Morgan fingerprint density at radius 2 is 1.93 bits per heavy atom. The zero-order valence-corrected chi connectivity index (χ0v) is 9.02. The molecule has 90 valence electrons. The molecule has 0 aromatic carbocycles. The molecule has 0 unspecified atom stereocenters. The highest BCUT2D eigenvalue weighted by atomic mass is 35.5. The Labute approximate surface area is 90.1 Å². The lowest BCUT2D eigenvalue weighted by Gasteiger charge is -2.11. The highest BCUT2D eigenvalue weighted by molar-refractivity contribution is 7.87. The number of halogens is 3. The first-order valence-electron chi connectivity index (χ1n) is 3.81. The van der Waals surface area contributed by atoms with Crippen molar-refractivity contribution < 1.29 is 31.3 Å². The molecule has 9 heteroatoms. The first-order chi connectivity index (χ1) is 6.73. The molecule has 0 saturated heterocycles. The van der Waals surface area contributed by atoms with Crippen molar-refractivity contribution in [3.63, 3.8) is 0 Å². The van der Waals surface area contributed by atoms with E-state index in [1.807, 2.05) is 0 Å². The summed E-state index contributed by atoms with van der Waals surface area (Å²) < 4.78 is 57.1. The molecule has 0 radical (unpaired) electrons. The fourth-order valence-corrected chi connectivity index (χ4v) is 1.01. The van der Waals surface area contributed by atoms with E-state index in [1.165, 1.54) is 0 Å². The summed E-state index contributed by atoms with van der Waals surface area (Å²) in [5.41, 5.74) is 0. The van der Waals surface area contributed by atoms with Crippen molar-refractivity contribution in [2.24, 2.45) is 0 Å². The van der Waals surface area contributed by atoms with Gasteiger partial charge in [-0.1, -0.05) is 0 Å². The van der Waals surface area contributed by atoms with Crippen molar-refractivity contribution in [2.75, 3.05) is 12.5 Å². The number of alkyl halides is 3. The standard InChI is InChI=1S/C6H9ClF2O5S/c7-3-1-2-4-14-5(10)6(8,9)15(11,12)13/h1-4H2,(H,11,12,13). The van der Waals surface area contributed by atoms with Crippen LogP contribution in [0.15, 0.2) is 0 Å². The normalized spacial score (nSPS) is 12.5. The topological polar surface area (TPSA) is 80.7 Å². The van der Waals surface area contributed by atoms with E-state index in [0.717, 1.165) is 0 Å².